The number of carbonyl (C=O) groups is 3. The number of ketones is 2. The van der Waals surface area contributed by atoms with Gasteiger partial charge in [0.15, 0.2) is 11.6 Å². The molecule has 0 unspecified atom stereocenters. The van der Waals surface area contributed by atoms with Gasteiger partial charge in [-0.25, -0.2) is 0 Å². The summed E-state index contributed by atoms with van der Waals surface area (Å²) in [6, 6.07) is 29.4. The summed E-state index contributed by atoms with van der Waals surface area (Å²) >= 11 is 9.88. The van der Waals surface area contributed by atoms with Crippen LogP contribution >= 0.6 is 47.8 Å². The van der Waals surface area contributed by atoms with E-state index < -0.39 is 0 Å². The molecule has 42 heavy (non-hydrogen) atoms. The zero-order valence-electron chi connectivity index (χ0n) is 23.6. The molecule has 0 spiro atoms. The SMILES string of the molecule is CC(=O)c1ccc(Br)cc1.CO.COc1ccc(/C=C/C(=O)c2ccc(Br)cc2)cc1.O=Cc1ccc(Br)cc1.[Na+].[OH-]. The topological polar surface area (TPSA) is 111 Å². The van der Waals surface area contributed by atoms with Crippen molar-refractivity contribution >= 4 is 71.7 Å². The van der Waals surface area contributed by atoms with Gasteiger partial charge in [-0.05, 0) is 79.2 Å². The van der Waals surface area contributed by atoms with E-state index in [9.17, 15) is 14.4 Å². The van der Waals surface area contributed by atoms with Crippen LogP contribution in [0.3, 0.4) is 0 Å². The van der Waals surface area contributed by atoms with Crippen molar-refractivity contribution in [2.24, 2.45) is 0 Å². The first kappa shape index (κ1) is 41.9. The molecule has 0 atom stereocenters. The van der Waals surface area contributed by atoms with Gasteiger partial charge < -0.3 is 15.3 Å². The minimum atomic E-state index is -0.0108. The number of aldehydes is 1. The smallest absolute Gasteiger partial charge is 0.870 e. The summed E-state index contributed by atoms with van der Waals surface area (Å²) in [6.45, 7) is 1.56. The maximum atomic E-state index is 11.9. The molecule has 0 amide bonds. The first-order valence-corrected chi connectivity index (χ1v) is 14.1. The molecule has 0 bridgehead atoms. The standard InChI is InChI=1S/C16H13BrO2.C8H7BrO.C7H5BrO.CH4O.Na.H2O/c1-19-15-9-2-12(3-10-15)4-11-16(18)13-5-7-14(17)8-6-13;1-6(10)7-2-4-8(9)5-3-7;8-7-3-1-6(5-9)2-4-7;1-2;;/h2-11H,1H3;2-5H,1H3;1-5H;2H,1H3;;1H2/q;;;;+1;/p-1/b11-4+;;;;;. The largest absolute Gasteiger partial charge is 1.00 e. The zero-order chi connectivity index (χ0) is 29.9. The predicted octanol–water partition coefficient (Wildman–Crippen LogP) is 5.70. The molecule has 0 fully saturated rings. The number of hydrogen-bond donors (Lipinski definition) is 1. The van der Waals surface area contributed by atoms with Gasteiger partial charge in [0.2, 0.25) is 0 Å². The van der Waals surface area contributed by atoms with E-state index in [4.69, 9.17) is 9.84 Å². The van der Waals surface area contributed by atoms with Crippen LogP contribution in [0.15, 0.2) is 117 Å². The number of rotatable bonds is 6. The number of allylic oxidation sites excluding steroid dienone is 1. The van der Waals surface area contributed by atoms with Gasteiger partial charge in [0, 0.05) is 37.2 Å². The van der Waals surface area contributed by atoms with Crippen molar-refractivity contribution in [1.82, 2.24) is 0 Å². The molecule has 0 aromatic heterocycles. The summed E-state index contributed by atoms with van der Waals surface area (Å²) in [4.78, 5) is 32.8. The van der Waals surface area contributed by atoms with E-state index in [0.29, 0.717) is 11.1 Å². The number of benzene rings is 4. The van der Waals surface area contributed by atoms with Crippen LogP contribution in [0.2, 0.25) is 0 Å². The summed E-state index contributed by atoms with van der Waals surface area (Å²) in [7, 11) is 2.63. The summed E-state index contributed by atoms with van der Waals surface area (Å²) < 4.78 is 8.03. The van der Waals surface area contributed by atoms with Crippen LogP contribution in [0, 0.1) is 0 Å². The van der Waals surface area contributed by atoms with E-state index in [0.717, 1.165) is 43.7 Å². The minimum Gasteiger partial charge on any atom is -0.870 e. The van der Waals surface area contributed by atoms with Crippen molar-refractivity contribution in [2.45, 2.75) is 6.92 Å². The van der Waals surface area contributed by atoms with Gasteiger partial charge in [-0.15, -0.1) is 0 Å². The Hall–Kier alpha value is -2.21. The zero-order valence-corrected chi connectivity index (χ0v) is 30.4. The van der Waals surface area contributed by atoms with Crippen LogP contribution in [0.1, 0.15) is 43.6 Å². The first-order chi connectivity index (χ1) is 19.2. The Balaban J connectivity index is 0. The van der Waals surface area contributed by atoms with Gasteiger partial charge in [-0.3, -0.25) is 14.4 Å². The summed E-state index contributed by atoms with van der Waals surface area (Å²) in [5.41, 5.74) is 3.10. The molecular formula is C32H30Br3NaO6. The molecule has 2 N–H and O–H groups in total. The number of ether oxygens (including phenoxy) is 1. The Labute approximate surface area is 294 Å². The molecule has 6 nitrogen and oxygen atoms in total. The number of methoxy groups -OCH3 is 1. The molecule has 0 aliphatic carbocycles. The van der Waals surface area contributed by atoms with Gasteiger partial charge in [0.1, 0.15) is 12.0 Å². The number of Topliss-reactive ketones (excluding diaryl/α,β-unsaturated/α-hetero) is 1. The summed E-state index contributed by atoms with van der Waals surface area (Å²) in [5, 5.41) is 7.00. The molecule has 0 aliphatic heterocycles. The molecule has 0 heterocycles. The Bertz CT molecular complexity index is 1360. The van der Waals surface area contributed by atoms with E-state index in [-0.39, 0.29) is 46.6 Å². The molecule has 10 heteroatoms. The molecule has 0 radical (unpaired) electrons. The van der Waals surface area contributed by atoms with Crippen LogP contribution in [-0.2, 0) is 0 Å². The monoisotopic (exact) mass is 770 g/mol. The fourth-order valence-corrected chi connectivity index (χ4v) is 3.62. The van der Waals surface area contributed by atoms with E-state index in [1.165, 1.54) is 0 Å². The Morgan fingerprint density at radius 3 is 1.43 bits per heavy atom. The molecule has 4 aromatic carbocycles. The molecule has 0 aliphatic rings. The molecule has 4 aromatic rings. The van der Waals surface area contributed by atoms with E-state index in [2.05, 4.69) is 47.8 Å². The summed E-state index contributed by atoms with van der Waals surface area (Å²) in [5.74, 6) is 0.896. The van der Waals surface area contributed by atoms with E-state index in [1.807, 2.05) is 60.7 Å². The number of aliphatic hydroxyl groups excluding tert-OH is 1. The van der Waals surface area contributed by atoms with Crippen LogP contribution in [0.25, 0.3) is 6.08 Å². The van der Waals surface area contributed by atoms with E-state index >= 15 is 0 Å². The van der Waals surface area contributed by atoms with Gasteiger partial charge in [0.05, 0.1) is 7.11 Å². The number of carbonyl (C=O) groups excluding carboxylic acids is 3. The van der Waals surface area contributed by atoms with Gasteiger partial charge >= 0.3 is 29.6 Å². The van der Waals surface area contributed by atoms with Crippen LogP contribution in [-0.4, -0.2) is 42.7 Å². The van der Waals surface area contributed by atoms with Crippen molar-refractivity contribution in [3.63, 3.8) is 0 Å². The normalized spacial score (nSPS) is 9.12. The van der Waals surface area contributed by atoms with Crippen LogP contribution in [0.4, 0.5) is 0 Å². The quantitative estimate of drug-likeness (QED) is 0.117. The average Bonchev–Trinajstić information content (AvgIpc) is 2.99. The minimum absolute atomic E-state index is 0. The number of halogens is 3. The predicted molar refractivity (Wildman–Crippen MR) is 174 cm³/mol. The van der Waals surface area contributed by atoms with Crippen molar-refractivity contribution in [3.8, 4) is 5.75 Å². The second-order valence-electron chi connectivity index (χ2n) is 7.71. The van der Waals surface area contributed by atoms with Gasteiger partial charge in [-0.1, -0.05) is 90.3 Å². The Morgan fingerprint density at radius 2 is 1.05 bits per heavy atom. The van der Waals surface area contributed by atoms with Crippen molar-refractivity contribution < 1.29 is 59.3 Å². The molecule has 0 saturated heterocycles. The fourth-order valence-electron chi connectivity index (χ4n) is 2.82. The first-order valence-electron chi connectivity index (χ1n) is 11.8. The third-order valence-corrected chi connectivity index (χ3v) is 6.51. The summed E-state index contributed by atoms with van der Waals surface area (Å²) in [6.07, 6.45) is 4.20. The third kappa shape index (κ3) is 17.0. The fraction of sp³-hybridized carbons (Fsp3) is 0.0938. The van der Waals surface area contributed by atoms with Gasteiger partial charge in [0.25, 0.3) is 0 Å². The Kier molecular flexibility index (Phi) is 24.2. The maximum absolute atomic E-state index is 11.9. The molecular weight excluding hydrogens is 743 g/mol. The third-order valence-electron chi connectivity index (χ3n) is 4.93. The molecule has 4 rings (SSSR count). The van der Waals surface area contributed by atoms with Crippen LogP contribution < -0.4 is 34.3 Å². The Morgan fingerprint density at radius 1 is 0.667 bits per heavy atom. The second-order valence-corrected chi connectivity index (χ2v) is 10.5. The molecule has 0 saturated carbocycles. The average molecular weight is 773 g/mol. The van der Waals surface area contributed by atoms with Gasteiger partial charge in [-0.2, -0.15) is 0 Å². The number of hydrogen-bond acceptors (Lipinski definition) is 6. The number of aliphatic hydroxyl groups is 1. The maximum Gasteiger partial charge on any atom is 1.00 e. The van der Waals surface area contributed by atoms with E-state index in [1.54, 1.807) is 62.6 Å². The van der Waals surface area contributed by atoms with Crippen molar-refractivity contribution in [3.05, 3.63) is 139 Å². The molecule has 216 valence electrons. The van der Waals surface area contributed by atoms with Crippen molar-refractivity contribution in [1.29, 1.82) is 0 Å². The van der Waals surface area contributed by atoms with Crippen molar-refractivity contribution in [2.75, 3.05) is 14.2 Å². The second kappa shape index (κ2) is 24.3. The van der Waals surface area contributed by atoms with Crippen LogP contribution in [0.5, 0.6) is 5.75 Å².